The van der Waals surface area contributed by atoms with Crippen LogP contribution in [-0.2, 0) is 6.54 Å². The summed E-state index contributed by atoms with van der Waals surface area (Å²) in [7, 11) is 0. The van der Waals surface area contributed by atoms with Gasteiger partial charge in [0.15, 0.2) is 5.43 Å². The molecule has 1 aromatic heterocycles. The number of rotatable bonds is 6. The number of benzene rings is 3. The van der Waals surface area contributed by atoms with E-state index in [9.17, 15) is 13.6 Å². The van der Waals surface area contributed by atoms with Crippen molar-refractivity contribution in [3.05, 3.63) is 99.7 Å². The van der Waals surface area contributed by atoms with Crippen LogP contribution in [0.15, 0.2) is 71.5 Å². The number of fused-ring (bicyclic) bond motifs is 1. The maximum atomic E-state index is 14.2. The zero-order chi connectivity index (χ0) is 23.7. The minimum atomic E-state index is -0.844. The number of hydrogen-bond donors (Lipinski definition) is 2. The molecule has 1 unspecified atom stereocenters. The zero-order valence-corrected chi connectivity index (χ0v) is 19.1. The van der Waals surface area contributed by atoms with Crippen LogP contribution in [0.2, 0.25) is 0 Å². The Morgan fingerprint density at radius 3 is 2.59 bits per heavy atom. The lowest BCUT2D eigenvalue weighted by molar-refractivity contribution is 0.516. The molecule has 0 amide bonds. The molecule has 0 radical (unpaired) electrons. The molecule has 1 saturated heterocycles. The van der Waals surface area contributed by atoms with Crippen LogP contribution < -0.4 is 15.6 Å². The second-order valence-corrected chi connectivity index (χ2v) is 9.03. The first-order chi connectivity index (χ1) is 16.5. The highest BCUT2D eigenvalue weighted by Crippen LogP contribution is 2.28. The number of hydrogen-bond acceptors (Lipinski definition) is 3. The van der Waals surface area contributed by atoms with Gasteiger partial charge in [0.1, 0.15) is 11.6 Å². The lowest BCUT2D eigenvalue weighted by atomic mass is 10.0. The average Bonchev–Trinajstić information content (AvgIpc) is 3.31. The van der Waals surface area contributed by atoms with E-state index >= 15 is 0 Å². The van der Waals surface area contributed by atoms with E-state index in [0.29, 0.717) is 17.2 Å². The number of halogens is 2. The summed E-state index contributed by atoms with van der Waals surface area (Å²) in [5.41, 5.74) is 3.97. The predicted molar refractivity (Wildman–Crippen MR) is 133 cm³/mol. The topological polar surface area (TPSA) is 48.1 Å². The number of anilines is 1. The van der Waals surface area contributed by atoms with Crippen LogP contribution in [0, 0.1) is 24.5 Å². The molecule has 3 aromatic carbocycles. The summed E-state index contributed by atoms with van der Waals surface area (Å²) in [5, 5.41) is 3.46. The van der Waals surface area contributed by atoms with Crippen molar-refractivity contribution in [3.63, 3.8) is 0 Å². The van der Waals surface area contributed by atoms with Crippen molar-refractivity contribution in [2.75, 3.05) is 24.5 Å². The first-order valence-electron chi connectivity index (χ1n) is 11.6. The normalized spacial score (nSPS) is 15.9. The number of aromatic amines is 1. The van der Waals surface area contributed by atoms with Gasteiger partial charge in [0, 0.05) is 43.5 Å². The Balaban J connectivity index is 1.28. The molecule has 6 heteroatoms. The van der Waals surface area contributed by atoms with Crippen LogP contribution >= 0.6 is 0 Å². The van der Waals surface area contributed by atoms with E-state index in [1.54, 1.807) is 6.92 Å². The molecular weight excluding hydrogens is 432 g/mol. The summed E-state index contributed by atoms with van der Waals surface area (Å²) < 4.78 is 27.9. The fourth-order valence-corrected chi connectivity index (χ4v) is 4.81. The van der Waals surface area contributed by atoms with E-state index in [4.69, 9.17) is 0 Å². The van der Waals surface area contributed by atoms with Crippen molar-refractivity contribution in [2.45, 2.75) is 19.9 Å². The number of H-pyrrole nitrogens is 1. The van der Waals surface area contributed by atoms with E-state index < -0.39 is 17.1 Å². The van der Waals surface area contributed by atoms with Crippen molar-refractivity contribution in [3.8, 4) is 11.3 Å². The summed E-state index contributed by atoms with van der Waals surface area (Å²) >= 11 is 0. The van der Waals surface area contributed by atoms with Crippen LogP contribution in [0.1, 0.15) is 17.5 Å². The molecule has 1 aliphatic heterocycles. The summed E-state index contributed by atoms with van der Waals surface area (Å²) in [4.78, 5) is 18.2. The van der Waals surface area contributed by atoms with Gasteiger partial charge in [0.25, 0.3) is 0 Å². The molecule has 0 aliphatic carbocycles. The van der Waals surface area contributed by atoms with Gasteiger partial charge < -0.3 is 15.2 Å². The van der Waals surface area contributed by atoms with Gasteiger partial charge in [-0.3, -0.25) is 4.79 Å². The van der Waals surface area contributed by atoms with E-state index in [-0.39, 0.29) is 10.9 Å². The fourth-order valence-electron chi connectivity index (χ4n) is 4.81. The van der Waals surface area contributed by atoms with Crippen LogP contribution in [-0.4, -0.2) is 24.6 Å². The Labute approximate surface area is 197 Å². The molecule has 4 aromatic rings. The van der Waals surface area contributed by atoms with Crippen molar-refractivity contribution in [2.24, 2.45) is 5.92 Å². The Morgan fingerprint density at radius 1 is 1.06 bits per heavy atom. The highest BCUT2D eigenvalue weighted by Gasteiger charge is 2.22. The van der Waals surface area contributed by atoms with Crippen LogP contribution in [0.4, 0.5) is 14.5 Å². The lowest BCUT2D eigenvalue weighted by Crippen LogP contribution is -2.26. The number of pyridine rings is 1. The van der Waals surface area contributed by atoms with Gasteiger partial charge in [-0.05, 0) is 48.6 Å². The van der Waals surface area contributed by atoms with Gasteiger partial charge in [-0.1, -0.05) is 42.5 Å². The largest absolute Gasteiger partial charge is 0.371 e. The second-order valence-electron chi connectivity index (χ2n) is 9.03. The highest BCUT2D eigenvalue weighted by molar-refractivity contribution is 5.84. The standard InChI is InChI=1S/C28H27F2N3O/c1-18-27(32-25-14-22(29)13-24(30)26(25)28(18)34)21-7-9-23(10-8-21)33-12-11-20(17-33)16-31-15-19-5-3-2-4-6-19/h2-10,13-14,20,31H,11-12,15-17H2,1H3,(H,32,34). The molecule has 1 atom stereocenters. The van der Waals surface area contributed by atoms with E-state index in [0.717, 1.165) is 56.0 Å². The Bertz CT molecular complexity index is 1370. The average molecular weight is 460 g/mol. The van der Waals surface area contributed by atoms with Gasteiger partial charge in [-0.15, -0.1) is 0 Å². The second kappa shape index (κ2) is 9.39. The maximum absolute atomic E-state index is 14.2. The number of nitrogens with zero attached hydrogens (tertiary/aromatic N) is 1. The van der Waals surface area contributed by atoms with Crippen LogP contribution in [0.5, 0.6) is 0 Å². The fraction of sp³-hybridized carbons (Fsp3) is 0.250. The van der Waals surface area contributed by atoms with Gasteiger partial charge in [0.05, 0.1) is 16.6 Å². The maximum Gasteiger partial charge on any atom is 0.195 e. The molecular formula is C28H27F2N3O. The smallest absolute Gasteiger partial charge is 0.195 e. The van der Waals surface area contributed by atoms with Gasteiger partial charge >= 0.3 is 0 Å². The van der Waals surface area contributed by atoms with E-state index in [1.807, 2.05) is 30.3 Å². The molecule has 0 saturated carbocycles. The van der Waals surface area contributed by atoms with Crippen molar-refractivity contribution in [1.29, 1.82) is 0 Å². The zero-order valence-electron chi connectivity index (χ0n) is 19.1. The van der Waals surface area contributed by atoms with Crippen LogP contribution in [0.3, 0.4) is 0 Å². The Hall–Kier alpha value is -3.51. The third kappa shape index (κ3) is 4.46. The van der Waals surface area contributed by atoms with Crippen LogP contribution in [0.25, 0.3) is 22.2 Å². The first-order valence-corrected chi connectivity index (χ1v) is 11.6. The minimum Gasteiger partial charge on any atom is -0.371 e. The van der Waals surface area contributed by atoms with Crippen molar-refractivity contribution in [1.82, 2.24) is 10.3 Å². The molecule has 5 rings (SSSR count). The van der Waals surface area contributed by atoms with Crippen molar-refractivity contribution < 1.29 is 8.78 Å². The predicted octanol–water partition coefficient (Wildman–Crippen LogP) is 5.40. The highest BCUT2D eigenvalue weighted by atomic mass is 19.1. The van der Waals surface area contributed by atoms with Gasteiger partial charge in [0.2, 0.25) is 0 Å². The SMILES string of the molecule is Cc1c(-c2ccc(N3CCC(CNCc4ccccc4)C3)cc2)[nH]c2cc(F)cc(F)c2c1=O. The summed E-state index contributed by atoms with van der Waals surface area (Å²) in [6.07, 6.45) is 1.14. The Morgan fingerprint density at radius 2 is 1.82 bits per heavy atom. The summed E-state index contributed by atoms with van der Waals surface area (Å²) in [6, 6.07) is 20.3. The van der Waals surface area contributed by atoms with E-state index in [2.05, 4.69) is 39.5 Å². The molecule has 0 spiro atoms. The lowest BCUT2D eigenvalue weighted by Gasteiger charge is -2.19. The Kier molecular flexibility index (Phi) is 6.16. The summed E-state index contributed by atoms with van der Waals surface area (Å²) in [5.74, 6) is -0.969. The van der Waals surface area contributed by atoms with Gasteiger partial charge in [-0.2, -0.15) is 0 Å². The monoisotopic (exact) mass is 459 g/mol. The van der Waals surface area contributed by atoms with E-state index in [1.165, 1.54) is 5.56 Å². The third-order valence-electron chi connectivity index (χ3n) is 6.67. The molecule has 174 valence electrons. The summed E-state index contributed by atoms with van der Waals surface area (Å²) in [6.45, 7) is 5.52. The third-order valence-corrected chi connectivity index (χ3v) is 6.67. The molecule has 2 N–H and O–H groups in total. The van der Waals surface area contributed by atoms with Gasteiger partial charge in [-0.25, -0.2) is 8.78 Å². The first kappa shape index (κ1) is 22.3. The number of aromatic nitrogens is 1. The molecule has 1 aliphatic rings. The molecule has 4 nitrogen and oxygen atoms in total. The quantitative estimate of drug-likeness (QED) is 0.406. The molecule has 2 heterocycles. The minimum absolute atomic E-state index is 0.108. The molecule has 34 heavy (non-hydrogen) atoms. The number of nitrogens with one attached hydrogen (secondary N) is 2. The molecule has 1 fully saturated rings. The van der Waals surface area contributed by atoms with Crippen molar-refractivity contribution >= 4 is 16.6 Å². The molecule has 0 bridgehead atoms.